The Bertz CT molecular complexity index is 3040. The first-order chi connectivity index (χ1) is 35.0. The lowest BCUT2D eigenvalue weighted by Gasteiger charge is -2.51. The van der Waals surface area contributed by atoms with Crippen molar-refractivity contribution in [1.29, 1.82) is 5.26 Å². The number of nitriles is 1. The molecule has 6 aliphatic carbocycles. The number of allylic oxidation sites excluding steroid dienone is 4. The first-order valence-electron chi connectivity index (χ1n) is 25.7. The van der Waals surface area contributed by atoms with Crippen LogP contribution in [0.3, 0.4) is 0 Å². The molecule has 3 aromatic rings. The lowest BCUT2D eigenvalue weighted by Crippen LogP contribution is -2.56. The Balaban J connectivity index is 0.000000281. The van der Waals surface area contributed by atoms with Crippen molar-refractivity contribution in [3.8, 4) is 6.07 Å². The minimum absolute atomic E-state index is 0. The van der Waals surface area contributed by atoms with Gasteiger partial charge in [-0.15, -0.1) is 0 Å². The molecular formula is C55H77N13O6. The standard InChI is InChI=1S/C17H22N4O2.C17H20N4O2.C17H18N4O.CH5NO.3CH4/c2*1-16(2)11-7-6-9-12(15(18)23)21(5)20-13(9)17(11,3)8-10(19-4)14(16)22;1-16(2)13-7-6-10-12(9-18)21(5)20-14(10)17(13,3)8-11(19-4)15(16)22;1-2-3;;;/h10-11H,6-8H2,1-3,5H3,(H2,18,23);8,11H,6-7H2,1-3,5H3,(H2,18,23);8,13H,6-7H2,1-3,5H3;2-3H,1H3;3*1H4/t10?,11-,17-;11-,17-;13-,17-;;;;/m000..../s1/i;;;;2*1T;. The fraction of sp³-hybridized carbons (Fsp3) is 0.600. The minimum Gasteiger partial charge on any atom is -0.364 e. The van der Waals surface area contributed by atoms with Gasteiger partial charge in [-0.1, -0.05) is 96.7 Å². The number of amides is 2. The van der Waals surface area contributed by atoms with Crippen molar-refractivity contribution < 1.29 is 31.9 Å². The number of Topliss-reactive ketones (excluding diaryl/α,β-unsaturated/α-hetero) is 3. The number of nitrogens with one attached hydrogen (secondary N) is 1. The van der Waals surface area contributed by atoms with Gasteiger partial charge >= 0.3 is 0 Å². The summed E-state index contributed by atoms with van der Waals surface area (Å²) in [6.07, 6.45) is 8.49. The Morgan fingerprint density at radius 2 is 1.07 bits per heavy atom. The Labute approximate surface area is 440 Å². The van der Waals surface area contributed by atoms with E-state index in [9.17, 15) is 29.2 Å². The summed E-state index contributed by atoms with van der Waals surface area (Å²) in [5.41, 5.74) is 16.6. The molecule has 19 heteroatoms. The number of hydroxylamine groups is 1. The highest BCUT2D eigenvalue weighted by atomic mass is 16.5. The summed E-state index contributed by atoms with van der Waals surface area (Å²) in [4.78, 5) is 71.8. The number of rotatable bonds is 2. The quantitative estimate of drug-likeness (QED) is 0.145. The molecule has 0 radical (unpaired) electrons. The second-order valence-corrected chi connectivity index (χ2v) is 22.0. The number of hydrogen-bond acceptors (Lipinski definition) is 11. The van der Waals surface area contributed by atoms with Crippen molar-refractivity contribution in [2.45, 2.75) is 152 Å². The van der Waals surface area contributed by atoms with E-state index in [2.05, 4.69) is 42.8 Å². The van der Waals surface area contributed by atoms with E-state index >= 15 is 0 Å². The lowest BCUT2D eigenvalue weighted by molar-refractivity contribution is -0.137. The molecule has 0 bridgehead atoms. The van der Waals surface area contributed by atoms with Crippen LogP contribution < -0.4 is 16.9 Å². The fourth-order valence-corrected chi connectivity index (χ4v) is 13.8. The third-order valence-electron chi connectivity index (χ3n) is 16.9. The van der Waals surface area contributed by atoms with E-state index in [0.717, 1.165) is 59.5 Å². The number of aryl methyl sites for hydroxylation is 3. The zero-order valence-electron chi connectivity index (χ0n) is 47.0. The van der Waals surface area contributed by atoms with Gasteiger partial charge in [0.05, 0.1) is 30.2 Å². The molecule has 1 unspecified atom stereocenters. The highest BCUT2D eigenvalue weighted by molar-refractivity contribution is 6.03. The molecule has 0 saturated heterocycles. The van der Waals surface area contributed by atoms with Crippen LogP contribution in [0.4, 0.5) is 0 Å². The zero-order chi connectivity index (χ0) is 57.3. The van der Waals surface area contributed by atoms with Gasteiger partial charge in [-0.2, -0.15) is 20.6 Å². The molecule has 398 valence electrons. The van der Waals surface area contributed by atoms with Gasteiger partial charge in [0.25, 0.3) is 17.9 Å². The fourth-order valence-electron chi connectivity index (χ4n) is 13.8. The zero-order valence-corrected chi connectivity index (χ0v) is 45.0. The van der Waals surface area contributed by atoms with Crippen LogP contribution in [0, 0.1) is 65.0 Å². The van der Waals surface area contributed by atoms with Gasteiger partial charge in [0.15, 0.2) is 11.6 Å². The summed E-state index contributed by atoms with van der Waals surface area (Å²) in [5.74, 6) is -0.884. The number of aromatic nitrogens is 6. The largest absolute Gasteiger partial charge is 0.364 e. The van der Waals surface area contributed by atoms with Crippen LogP contribution in [0.5, 0.6) is 0 Å². The SMILES string of the molecule is C.CNO.[3H]C.[3H]C.[C-]#[N+]C1=C[C@]2(C)c3nn(C)c(C#N)c3CC[C@H]2C(C)(C)C1=O.[C-]#[N+]C1=C[C@]2(C)c3nn(C)c(C(N)=O)c3CC[C@H]2C(C)(C)C1=O.[C-]#[N+]C1C[C@]2(C)c3nn(C)c(C(N)=O)c3CC[C@H]2C(C)(C)C1=O. The Morgan fingerprint density at radius 3 is 1.46 bits per heavy atom. The van der Waals surface area contributed by atoms with Crippen LogP contribution >= 0.6 is 0 Å². The molecule has 1 saturated carbocycles. The summed E-state index contributed by atoms with van der Waals surface area (Å²) in [6, 6.07) is 1.58. The number of hydrogen-bond donors (Lipinski definition) is 4. The van der Waals surface area contributed by atoms with Gasteiger partial charge < -0.3 is 31.1 Å². The van der Waals surface area contributed by atoms with E-state index in [1.165, 1.54) is 26.5 Å². The molecule has 6 N–H and O–H groups in total. The minimum atomic E-state index is -0.642. The van der Waals surface area contributed by atoms with Crippen LogP contribution in [0.1, 0.15) is 173 Å². The van der Waals surface area contributed by atoms with E-state index in [1.807, 2.05) is 55.4 Å². The normalized spacial score (nSPS) is 27.8. The average molecular weight is 1020 g/mol. The van der Waals surface area contributed by atoms with Crippen LogP contribution in [0.15, 0.2) is 23.5 Å². The van der Waals surface area contributed by atoms with E-state index in [1.54, 1.807) is 48.1 Å². The van der Waals surface area contributed by atoms with Gasteiger partial charge in [0.2, 0.25) is 17.2 Å². The van der Waals surface area contributed by atoms with Gasteiger partial charge in [0.1, 0.15) is 23.2 Å². The van der Waals surface area contributed by atoms with Crippen molar-refractivity contribution in [3.63, 3.8) is 0 Å². The first kappa shape index (κ1) is 57.8. The summed E-state index contributed by atoms with van der Waals surface area (Å²) in [5, 5.41) is 30.4. The topological polar surface area (TPSA) is 260 Å². The summed E-state index contributed by atoms with van der Waals surface area (Å²) in [6.45, 7) is 39.7. The molecule has 6 aliphatic rings. The Morgan fingerprint density at radius 1 is 0.703 bits per heavy atom. The molecule has 0 aromatic carbocycles. The van der Waals surface area contributed by atoms with Gasteiger partial charge in [0, 0.05) is 86.5 Å². The van der Waals surface area contributed by atoms with Crippen LogP contribution in [0.2, 0.25) is 0 Å². The molecule has 9 rings (SSSR count). The van der Waals surface area contributed by atoms with Crippen molar-refractivity contribution in [2.24, 2.45) is 66.6 Å². The molecular weight excluding hydrogens is 939 g/mol. The van der Waals surface area contributed by atoms with Crippen LogP contribution in [0.25, 0.3) is 14.5 Å². The van der Waals surface area contributed by atoms with Crippen LogP contribution in [-0.2, 0) is 71.0 Å². The van der Waals surface area contributed by atoms with Crippen molar-refractivity contribution in [2.75, 3.05) is 7.05 Å². The number of primary amides is 2. The monoisotopic (exact) mass is 1020 g/mol. The third kappa shape index (κ3) is 9.09. The number of ketones is 3. The second-order valence-electron chi connectivity index (χ2n) is 22.0. The number of fused-ring (bicyclic) bond motifs is 9. The smallest absolute Gasteiger partial charge is 0.282 e. The summed E-state index contributed by atoms with van der Waals surface area (Å²) >= 11 is 0. The van der Waals surface area contributed by atoms with Crippen LogP contribution in [-0.4, -0.2) is 76.8 Å². The van der Waals surface area contributed by atoms with E-state index in [-0.39, 0.29) is 59.3 Å². The lowest BCUT2D eigenvalue weighted by atomic mass is 9.50. The molecule has 0 spiro atoms. The molecule has 74 heavy (non-hydrogen) atoms. The Hall–Kier alpha value is -7.06. The van der Waals surface area contributed by atoms with E-state index in [4.69, 9.17) is 39.1 Å². The maximum atomic E-state index is 12.7. The highest BCUT2D eigenvalue weighted by Crippen LogP contribution is 2.58. The Kier molecular flexibility index (Phi) is 16.5. The summed E-state index contributed by atoms with van der Waals surface area (Å²) in [7, 11) is 9.13. The van der Waals surface area contributed by atoms with Crippen molar-refractivity contribution in [1.82, 2.24) is 34.8 Å². The van der Waals surface area contributed by atoms with Gasteiger partial charge in [-0.25, -0.2) is 21.7 Å². The van der Waals surface area contributed by atoms with E-state index in [0.29, 0.717) is 36.3 Å². The molecule has 7 atom stereocenters. The number of nitrogens with two attached hydrogens (primary N) is 2. The van der Waals surface area contributed by atoms with Gasteiger partial charge in [-0.05, 0) is 56.3 Å². The third-order valence-corrected chi connectivity index (χ3v) is 16.9. The predicted molar refractivity (Wildman–Crippen MR) is 281 cm³/mol. The van der Waals surface area contributed by atoms with Gasteiger partial charge in [-0.3, -0.25) is 28.4 Å². The number of carbonyl (C=O) groups excluding carboxylic acids is 5. The van der Waals surface area contributed by atoms with Crippen molar-refractivity contribution in [3.05, 3.63) is 109 Å². The highest BCUT2D eigenvalue weighted by Gasteiger charge is 2.61. The second kappa shape index (κ2) is 21.0. The first-order valence-corrected chi connectivity index (χ1v) is 23.7. The number of carbonyl (C=O) groups is 5. The molecule has 19 nitrogen and oxygen atoms in total. The summed E-state index contributed by atoms with van der Waals surface area (Å²) < 4.78 is 16.2. The molecule has 1 fully saturated rings. The predicted octanol–water partition coefficient (Wildman–Crippen LogP) is 7.40. The molecule has 0 aliphatic heterocycles. The van der Waals surface area contributed by atoms with E-state index < -0.39 is 44.9 Å². The molecule has 3 aromatic heterocycles. The number of nitrogens with zero attached hydrogens (tertiary/aromatic N) is 10. The maximum Gasteiger partial charge on any atom is 0.282 e. The average Bonchev–Trinajstić information content (AvgIpc) is 4.02. The molecule has 2 amide bonds. The molecule has 3 heterocycles. The van der Waals surface area contributed by atoms with Crippen molar-refractivity contribution >= 4 is 29.2 Å². The maximum absolute atomic E-state index is 12.7.